The van der Waals surface area contributed by atoms with Crippen LogP contribution >= 0.6 is 0 Å². The smallest absolute Gasteiger partial charge is 0.317 e. The normalized spacial score (nSPS) is 13.9. The van der Waals surface area contributed by atoms with Crippen LogP contribution in [0.2, 0.25) is 0 Å². The third kappa shape index (κ3) is 4.14. The Labute approximate surface area is 163 Å². The van der Waals surface area contributed by atoms with E-state index in [1.807, 2.05) is 55.5 Å². The Kier molecular flexibility index (Phi) is 4.97. The van der Waals surface area contributed by atoms with Crippen LogP contribution in [-0.2, 0) is 6.54 Å². The average Bonchev–Trinajstić information content (AvgIpc) is 3.10. The first-order chi connectivity index (χ1) is 13.6. The molecule has 0 atom stereocenters. The monoisotopic (exact) mass is 378 g/mol. The van der Waals surface area contributed by atoms with E-state index < -0.39 is 0 Å². The lowest BCUT2D eigenvalue weighted by atomic mass is 10.1. The molecule has 1 aromatic heterocycles. The van der Waals surface area contributed by atoms with Gasteiger partial charge in [0.2, 0.25) is 0 Å². The van der Waals surface area contributed by atoms with Crippen molar-refractivity contribution in [1.29, 1.82) is 0 Å². The number of carbonyl (C=O) groups is 1. The first kappa shape index (κ1) is 18.0. The number of hydrogen-bond acceptors (Lipinski definition) is 5. The molecule has 28 heavy (non-hydrogen) atoms. The van der Waals surface area contributed by atoms with Crippen LogP contribution in [0.25, 0.3) is 11.5 Å². The number of nitrogens with one attached hydrogen (secondary N) is 1. The number of nitrogens with zero attached hydrogens (tertiary/aromatic N) is 3. The molecule has 1 fully saturated rings. The molecule has 4 rings (SSSR count). The molecule has 1 aliphatic heterocycles. The van der Waals surface area contributed by atoms with Crippen molar-refractivity contribution < 1.29 is 14.1 Å². The molecule has 2 heterocycles. The van der Waals surface area contributed by atoms with Gasteiger partial charge in [0, 0.05) is 12.1 Å². The second kappa shape index (κ2) is 7.72. The van der Waals surface area contributed by atoms with Crippen LogP contribution < -0.4 is 10.1 Å². The van der Waals surface area contributed by atoms with Gasteiger partial charge in [-0.25, -0.2) is 4.79 Å². The van der Waals surface area contributed by atoms with Crippen LogP contribution in [0.3, 0.4) is 0 Å². The van der Waals surface area contributed by atoms with Crippen molar-refractivity contribution in [2.24, 2.45) is 0 Å². The summed E-state index contributed by atoms with van der Waals surface area (Å²) in [6.45, 7) is 5.50. The molecule has 2 aromatic carbocycles. The Hall–Kier alpha value is -3.35. The Balaban J connectivity index is 1.23. The molecule has 144 valence electrons. The summed E-state index contributed by atoms with van der Waals surface area (Å²) in [7, 11) is 0. The largest absolute Gasteiger partial charge is 0.487 e. The Morgan fingerprint density at radius 1 is 1.14 bits per heavy atom. The molecule has 0 unspecified atom stereocenters. The van der Waals surface area contributed by atoms with Gasteiger partial charge >= 0.3 is 6.03 Å². The van der Waals surface area contributed by atoms with Gasteiger partial charge in [-0.3, -0.25) is 0 Å². The number of benzene rings is 2. The van der Waals surface area contributed by atoms with Crippen LogP contribution in [0.4, 0.5) is 4.79 Å². The van der Waals surface area contributed by atoms with Crippen LogP contribution in [0.1, 0.15) is 17.0 Å². The van der Waals surface area contributed by atoms with Gasteiger partial charge in [0.15, 0.2) is 5.82 Å². The predicted molar refractivity (Wildman–Crippen MR) is 104 cm³/mol. The summed E-state index contributed by atoms with van der Waals surface area (Å²) in [6, 6.07) is 15.6. The predicted octanol–water partition coefficient (Wildman–Crippen LogP) is 3.33. The summed E-state index contributed by atoms with van der Waals surface area (Å²) in [4.78, 5) is 18.1. The van der Waals surface area contributed by atoms with E-state index in [4.69, 9.17) is 9.26 Å². The van der Waals surface area contributed by atoms with E-state index in [0.29, 0.717) is 31.3 Å². The average molecular weight is 378 g/mol. The molecule has 0 aliphatic carbocycles. The lowest BCUT2D eigenvalue weighted by Crippen LogP contribution is -2.58. The van der Waals surface area contributed by atoms with Crippen molar-refractivity contribution in [1.82, 2.24) is 20.4 Å². The number of hydrogen-bond donors (Lipinski definition) is 1. The minimum Gasteiger partial charge on any atom is -0.487 e. The molecule has 1 saturated heterocycles. The summed E-state index contributed by atoms with van der Waals surface area (Å²) >= 11 is 0. The van der Waals surface area contributed by atoms with E-state index in [-0.39, 0.29) is 12.1 Å². The topological polar surface area (TPSA) is 80.5 Å². The van der Waals surface area contributed by atoms with Gasteiger partial charge in [0.05, 0.1) is 13.1 Å². The van der Waals surface area contributed by atoms with Crippen molar-refractivity contribution in [3.05, 3.63) is 65.5 Å². The van der Waals surface area contributed by atoms with Crippen LogP contribution in [0.5, 0.6) is 5.75 Å². The van der Waals surface area contributed by atoms with E-state index in [1.165, 1.54) is 5.56 Å². The van der Waals surface area contributed by atoms with Crippen LogP contribution in [0, 0.1) is 13.8 Å². The minimum absolute atomic E-state index is 0.00150. The number of amides is 2. The highest BCUT2D eigenvalue weighted by Gasteiger charge is 2.32. The first-order valence-electron chi connectivity index (χ1n) is 9.22. The number of urea groups is 1. The molecule has 7 heteroatoms. The third-order valence-electron chi connectivity index (χ3n) is 4.63. The van der Waals surface area contributed by atoms with Crippen LogP contribution in [-0.4, -0.2) is 40.3 Å². The maximum atomic E-state index is 12.2. The molecular formula is C21H22N4O3. The Bertz CT molecular complexity index is 945. The zero-order chi connectivity index (χ0) is 19.5. The van der Waals surface area contributed by atoms with Gasteiger partial charge < -0.3 is 19.5 Å². The highest BCUT2D eigenvalue weighted by molar-refractivity contribution is 5.75. The van der Waals surface area contributed by atoms with Gasteiger partial charge in [-0.15, -0.1) is 0 Å². The van der Waals surface area contributed by atoms with Crippen LogP contribution in [0.15, 0.2) is 53.1 Å². The fraction of sp³-hybridized carbons (Fsp3) is 0.286. The summed E-state index contributed by atoms with van der Waals surface area (Å²) in [5.74, 6) is 1.85. The van der Waals surface area contributed by atoms with E-state index >= 15 is 0 Å². The van der Waals surface area contributed by atoms with Crippen molar-refractivity contribution in [3.63, 3.8) is 0 Å². The number of likely N-dealkylation sites (tertiary alicyclic amines) is 1. The zero-order valence-corrected chi connectivity index (χ0v) is 15.9. The Morgan fingerprint density at radius 3 is 2.50 bits per heavy atom. The molecule has 0 spiro atoms. The van der Waals surface area contributed by atoms with Crippen molar-refractivity contribution >= 4 is 6.03 Å². The lowest BCUT2D eigenvalue weighted by Gasteiger charge is -2.38. The van der Waals surface area contributed by atoms with Crippen molar-refractivity contribution in [2.75, 3.05) is 13.1 Å². The number of rotatable bonds is 5. The summed E-state index contributed by atoms with van der Waals surface area (Å²) in [5, 5.41) is 6.73. The van der Waals surface area contributed by atoms with Crippen molar-refractivity contribution in [3.8, 4) is 17.2 Å². The SMILES string of the molecule is Cc1ccc(CNC(=O)N2CC(Oc3ccc(-c4nc(C)no4)cc3)C2)cc1. The number of aromatic nitrogens is 2. The van der Waals surface area contributed by atoms with Gasteiger partial charge in [-0.1, -0.05) is 35.0 Å². The van der Waals surface area contributed by atoms with Gasteiger partial charge in [-0.2, -0.15) is 4.98 Å². The van der Waals surface area contributed by atoms with Gasteiger partial charge in [-0.05, 0) is 43.7 Å². The van der Waals surface area contributed by atoms with E-state index in [2.05, 4.69) is 15.5 Å². The quantitative estimate of drug-likeness (QED) is 0.737. The molecule has 0 saturated carbocycles. The van der Waals surface area contributed by atoms with Gasteiger partial charge in [0.1, 0.15) is 11.9 Å². The molecule has 3 aromatic rings. The lowest BCUT2D eigenvalue weighted by molar-refractivity contribution is 0.0443. The molecule has 0 bridgehead atoms. The fourth-order valence-electron chi connectivity index (χ4n) is 2.96. The van der Waals surface area contributed by atoms with E-state index in [1.54, 1.807) is 11.8 Å². The number of aryl methyl sites for hydroxylation is 2. The maximum absolute atomic E-state index is 12.2. The highest BCUT2D eigenvalue weighted by atomic mass is 16.5. The summed E-state index contributed by atoms with van der Waals surface area (Å²) < 4.78 is 11.1. The summed E-state index contributed by atoms with van der Waals surface area (Å²) in [5.41, 5.74) is 3.14. The molecule has 2 amide bonds. The molecule has 1 N–H and O–H groups in total. The Morgan fingerprint density at radius 2 is 1.86 bits per heavy atom. The fourth-order valence-corrected chi connectivity index (χ4v) is 2.96. The summed E-state index contributed by atoms with van der Waals surface area (Å²) in [6.07, 6.45) is 0.00150. The number of carbonyl (C=O) groups excluding carboxylic acids is 1. The second-order valence-electron chi connectivity index (χ2n) is 6.96. The highest BCUT2D eigenvalue weighted by Crippen LogP contribution is 2.23. The first-order valence-corrected chi connectivity index (χ1v) is 9.22. The molecule has 7 nitrogen and oxygen atoms in total. The molecule has 1 aliphatic rings. The maximum Gasteiger partial charge on any atom is 0.317 e. The second-order valence-corrected chi connectivity index (χ2v) is 6.96. The third-order valence-corrected chi connectivity index (χ3v) is 4.63. The van der Waals surface area contributed by atoms with E-state index in [0.717, 1.165) is 16.9 Å². The van der Waals surface area contributed by atoms with Crippen molar-refractivity contribution in [2.45, 2.75) is 26.5 Å². The molecular weight excluding hydrogens is 356 g/mol. The number of ether oxygens (including phenoxy) is 1. The molecule has 0 radical (unpaired) electrons. The standard InChI is InChI=1S/C21H22N4O3/c1-14-3-5-16(6-4-14)11-22-21(26)25-12-19(13-25)27-18-9-7-17(8-10-18)20-23-15(2)24-28-20/h3-10,19H,11-13H2,1-2H3,(H,22,26). The minimum atomic E-state index is -0.0671. The van der Waals surface area contributed by atoms with E-state index in [9.17, 15) is 4.79 Å². The van der Waals surface area contributed by atoms with Gasteiger partial charge in [0.25, 0.3) is 5.89 Å². The zero-order valence-electron chi connectivity index (χ0n) is 15.9.